The Morgan fingerprint density at radius 3 is 1.42 bits per heavy atom. The van der Waals surface area contributed by atoms with Crippen molar-refractivity contribution >= 4 is 44.1 Å². The van der Waals surface area contributed by atoms with Crippen LogP contribution in [0.25, 0.3) is 0 Å². The summed E-state index contributed by atoms with van der Waals surface area (Å²) >= 11 is 0. The number of hydrogen-bond acceptors (Lipinski definition) is 13. The zero-order valence-corrected chi connectivity index (χ0v) is 34.0. The molecule has 0 aromatic heterocycles. The number of esters is 2. The number of ether oxygens (including phenoxy) is 2. The second-order valence-electron chi connectivity index (χ2n) is 9.23. The van der Waals surface area contributed by atoms with Crippen LogP contribution in [-0.4, -0.2) is 73.5 Å². The average Bonchev–Trinajstić information content (AvgIpc) is 2.84. The third-order valence-electron chi connectivity index (χ3n) is 5.97. The molecule has 0 aliphatic rings. The molecule has 14 nitrogen and oxygen atoms in total. The Bertz CT molecular complexity index is 1010. The molecule has 0 aromatic carbocycles. The summed E-state index contributed by atoms with van der Waals surface area (Å²) in [6.45, 7) is 8.26. The van der Waals surface area contributed by atoms with E-state index in [9.17, 15) is 50.8 Å². The van der Waals surface area contributed by atoms with Crippen LogP contribution in [0.2, 0.25) is 0 Å². The van der Waals surface area contributed by atoms with Gasteiger partial charge >= 0.3 is 101 Å². The van der Waals surface area contributed by atoms with Crippen molar-refractivity contribution in [2.24, 2.45) is 11.8 Å². The Hall–Kier alpha value is 0.700. The van der Waals surface area contributed by atoms with E-state index in [0.717, 1.165) is 51.4 Å². The molecule has 236 valence electrons. The molecule has 0 rings (SSSR count). The second kappa shape index (κ2) is 28.9. The molecule has 0 spiro atoms. The summed E-state index contributed by atoms with van der Waals surface area (Å²) in [5, 5.41) is 15.2. The van der Waals surface area contributed by atoms with E-state index in [1.54, 1.807) is 0 Å². The van der Waals surface area contributed by atoms with E-state index in [0.29, 0.717) is 0 Å². The van der Waals surface area contributed by atoms with Gasteiger partial charge < -0.3 is 33.8 Å². The Morgan fingerprint density at radius 2 is 1.14 bits per heavy atom. The number of rotatable bonds is 20. The summed E-state index contributed by atoms with van der Waals surface area (Å²) in [4.78, 5) is 43.9. The summed E-state index contributed by atoms with van der Waals surface area (Å²) < 4.78 is 73.0. The molecular weight excluding hydrogens is 645 g/mol. The predicted molar refractivity (Wildman–Crippen MR) is 137 cm³/mol. The molecular formula is C24H41Na3O14S2. The molecule has 0 saturated carbocycles. The number of carbonyl (C=O) groups excluding carboxylic acids is 4. The van der Waals surface area contributed by atoms with Crippen molar-refractivity contribution in [2.45, 2.75) is 102 Å². The molecule has 0 aliphatic heterocycles. The molecule has 1 N–H and O–H groups in total. The van der Waals surface area contributed by atoms with Gasteiger partial charge in [0.15, 0.2) is 5.25 Å². The van der Waals surface area contributed by atoms with E-state index < -0.39 is 67.5 Å². The number of carboxylic acids is 2. The largest absolute Gasteiger partial charge is 1.00 e. The minimum atomic E-state index is -5.01. The van der Waals surface area contributed by atoms with Gasteiger partial charge in [0.2, 0.25) is 0 Å². The maximum Gasteiger partial charge on any atom is 1.00 e. The number of carbonyl (C=O) groups is 4. The van der Waals surface area contributed by atoms with Gasteiger partial charge in [-0.15, -0.1) is 0 Å². The minimum absolute atomic E-state index is 0. The summed E-state index contributed by atoms with van der Waals surface area (Å²) in [5.74, 6) is -5.82. The van der Waals surface area contributed by atoms with Crippen LogP contribution in [0.1, 0.15) is 91.9 Å². The first kappa shape index (κ1) is 53.2. The Labute approximate surface area is 321 Å². The van der Waals surface area contributed by atoms with E-state index in [4.69, 9.17) is 14.0 Å². The van der Waals surface area contributed by atoms with E-state index in [-0.39, 0.29) is 114 Å². The van der Waals surface area contributed by atoms with Crippen LogP contribution in [0.5, 0.6) is 0 Å². The van der Waals surface area contributed by atoms with Gasteiger partial charge in [-0.2, -0.15) is 8.42 Å². The van der Waals surface area contributed by atoms with Gasteiger partial charge in [0.25, 0.3) is 10.1 Å². The molecule has 0 bridgehead atoms. The van der Waals surface area contributed by atoms with E-state index in [1.807, 2.05) is 13.8 Å². The van der Waals surface area contributed by atoms with Crippen LogP contribution in [0.4, 0.5) is 0 Å². The number of unbranched alkanes of at least 4 members (excludes halogenated alkanes) is 2. The zero-order chi connectivity index (χ0) is 31.5. The van der Waals surface area contributed by atoms with Gasteiger partial charge in [-0.25, -0.2) is 8.42 Å². The first-order valence-corrected chi connectivity index (χ1v) is 16.1. The smallest absolute Gasteiger partial charge is 0.747 e. The minimum Gasteiger partial charge on any atom is -0.747 e. The van der Waals surface area contributed by atoms with Crippen LogP contribution < -0.4 is 98.9 Å². The first-order valence-electron chi connectivity index (χ1n) is 13.1. The van der Waals surface area contributed by atoms with E-state index in [2.05, 4.69) is 13.8 Å². The van der Waals surface area contributed by atoms with Crippen molar-refractivity contribution in [3.05, 3.63) is 0 Å². The standard InChI is InChI=1S/C20H38O7S.C4H6O7S.3Na/c1-5-9-11-16(7-3)14-26-19(21)13-18(28(23,24)25)20(22)27-15-17(8-4)12-10-6-2;5-3(6)1-2(4(7)8)12(9,10)11;;;/h16-18H,5-15H2,1-4H3,(H,23,24,25);2H,1H2,(H,5,6)(H,7,8)(H,9,10,11);;;/q;;3*+1/p-3. The normalized spacial score (nSPS) is 13.5. The van der Waals surface area contributed by atoms with Gasteiger partial charge in [-0.3, -0.25) is 14.1 Å². The van der Waals surface area contributed by atoms with Crippen LogP contribution in [-0.2, 0) is 48.9 Å². The molecule has 43 heavy (non-hydrogen) atoms. The fourth-order valence-electron chi connectivity index (χ4n) is 3.28. The second-order valence-corrected chi connectivity index (χ2v) is 12.4. The van der Waals surface area contributed by atoms with Crippen molar-refractivity contribution in [2.75, 3.05) is 13.2 Å². The van der Waals surface area contributed by atoms with Gasteiger partial charge in [0.05, 0.1) is 25.6 Å². The maximum atomic E-state index is 12.1. The van der Waals surface area contributed by atoms with Crippen molar-refractivity contribution < 1.29 is 153 Å². The molecule has 0 aromatic rings. The number of aliphatic carboxylic acids is 2. The van der Waals surface area contributed by atoms with Crippen LogP contribution >= 0.6 is 0 Å². The molecule has 0 radical (unpaired) electrons. The SMILES string of the molecule is CCCCC(CC)COC(=O)CC(C(=O)OCC(CC)CCCC)S(=O)(=O)[O-].O=C([O-])CC(C(=O)[O-])S(=O)(=O)O.[Na+].[Na+].[Na+]. The fraction of sp³-hybridized carbons (Fsp3) is 0.833. The molecule has 0 saturated heterocycles. The molecule has 0 amide bonds. The number of hydrogen-bond donors (Lipinski definition) is 1. The van der Waals surface area contributed by atoms with Gasteiger partial charge in [-0.1, -0.05) is 66.2 Å². The summed E-state index contributed by atoms with van der Waals surface area (Å²) in [7, 11) is -9.96. The molecule has 0 aliphatic carbocycles. The molecule has 19 heteroatoms. The fourth-order valence-corrected chi connectivity index (χ4v) is 4.51. The monoisotopic (exact) mass is 686 g/mol. The van der Waals surface area contributed by atoms with Crippen LogP contribution in [0.15, 0.2) is 0 Å². The van der Waals surface area contributed by atoms with Crippen molar-refractivity contribution in [3.8, 4) is 0 Å². The Balaban J connectivity index is -0.000000273. The Morgan fingerprint density at radius 1 is 0.721 bits per heavy atom. The first-order chi connectivity index (χ1) is 18.4. The van der Waals surface area contributed by atoms with Gasteiger partial charge in [0.1, 0.15) is 15.4 Å². The molecule has 4 unspecified atom stereocenters. The summed E-state index contributed by atoms with van der Waals surface area (Å²) in [5.41, 5.74) is 0. The third kappa shape index (κ3) is 27.5. The molecule has 4 atom stereocenters. The predicted octanol–water partition coefficient (Wildman–Crippen LogP) is -9.05. The van der Waals surface area contributed by atoms with Crippen molar-refractivity contribution in [1.82, 2.24) is 0 Å². The van der Waals surface area contributed by atoms with E-state index >= 15 is 0 Å². The van der Waals surface area contributed by atoms with Gasteiger partial charge in [0, 0.05) is 12.4 Å². The molecule has 0 heterocycles. The Kier molecular flexibility index (Phi) is 35.7. The maximum absolute atomic E-state index is 12.1. The quantitative estimate of drug-likeness (QED) is 0.0710. The van der Waals surface area contributed by atoms with Crippen LogP contribution in [0.3, 0.4) is 0 Å². The average molecular weight is 687 g/mol. The van der Waals surface area contributed by atoms with Crippen molar-refractivity contribution in [3.63, 3.8) is 0 Å². The third-order valence-corrected chi connectivity index (χ3v) is 8.10. The number of carboxylic acid groups (broad SMARTS) is 2. The van der Waals surface area contributed by atoms with Gasteiger partial charge in [-0.05, 0) is 24.7 Å². The topological polar surface area (TPSA) is 244 Å². The summed E-state index contributed by atoms with van der Waals surface area (Å²) in [6, 6.07) is 0. The molecule has 0 fully saturated rings. The summed E-state index contributed by atoms with van der Waals surface area (Å²) in [6.07, 6.45) is 5.25. The van der Waals surface area contributed by atoms with Crippen LogP contribution in [0, 0.1) is 11.8 Å². The van der Waals surface area contributed by atoms with E-state index in [1.165, 1.54) is 0 Å². The van der Waals surface area contributed by atoms with Crippen molar-refractivity contribution in [1.29, 1.82) is 0 Å². The zero-order valence-electron chi connectivity index (χ0n) is 26.4.